The fourth-order valence-electron chi connectivity index (χ4n) is 3.89. The molecule has 0 aliphatic carbocycles. The topological polar surface area (TPSA) is 54.1 Å². The zero-order chi connectivity index (χ0) is 21.8. The third-order valence-electron chi connectivity index (χ3n) is 5.47. The lowest BCUT2D eigenvalue weighted by molar-refractivity contribution is 0.388. The number of rotatable bonds is 7. The lowest BCUT2D eigenvalue weighted by atomic mass is 10.0. The predicted octanol–water partition coefficient (Wildman–Crippen LogP) is 5.20. The summed E-state index contributed by atoms with van der Waals surface area (Å²) >= 11 is 0. The molecule has 0 amide bonds. The number of aryl methyl sites for hydroxylation is 1. The third-order valence-corrected chi connectivity index (χ3v) is 5.47. The van der Waals surface area contributed by atoms with Gasteiger partial charge in [0.25, 0.3) is 0 Å². The van der Waals surface area contributed by atoms with Gasteiger partial charge in [-0.2, -0.15) is 5.26 Å². The molecule has 0 spiro atoms. The van der Waals surface area contributed by atoms with Crippen LogP contribution in [0.5, 0.6) is 5.75 Å². The van der Waals surface area contributed by atoms with Crippen molar-refractivity contribution in [2.45, 2.75) is 13.0 Å². The molecule has 0 bridgehead atoms. The number of nitriles is 1. The fraction of sp³-hybridized carbons (Fsp3) is 0.231. The normalized spacial score (nSPS) is 11.1. The van der Waals surface area contributed by atoms with Crippen molar-refractivity contribution in [2.75, 3.05) is 27.7 Å². The molecule has 0 fully saturated rings. The number of benzene rings is 2. The van der Waals surface area contributed by atoms with Gasteiger partial charge < -0.3 is 14.2 Å². The Labute approximate surface area is 183 Å². The molecule has 0 aliphatic heterocycles. The van der Waals surface area contributed by atoms with Gasteiger partial charge in [-0.25, -0.2) is 0 Å². The Hall–Kier alpha value is -3.62. The van der Waals surface area contributed by atoms with Crippen LogP contribution in [0, 0.1) is 11.3 Å². The number of ether oxygens (including phenoxy) is 1. The van der Waals surface area contributed by atoms with Crippen molar-refractivity contribution in [1.29, 1.82) is 5.26 Å². The predicted molar refractivity (Wildman–Crippen MR) is 125 cm³/mol. The van der Waals surface area contributed by atoms with E-state index >= 15 is 0 Å². The minimum absolute atomic E-state index is 0.664. The highest BCUT2D eigenvalue weighted by molar-refractivity contribution is 5.97. The highest BCUT2D eigenvalue weighted by Crippen LogP contribution is 2.34. The first-order valence-corrected chi connectivity index (χ1v) is 10.4. The van der Waals surface area contributed by atoms with E-state index in [9.17, 15) is 5.26 Å². The van der Waals surface area contributed by atoms with Crippen molar-refractivity contribution in [3.63, 3.8) is 0 Å². The van der Waals surface area contributed by atoms with Crippen LogP contribution >= 0.6 is 0 Å². The molecule has 2 aromatic heterocycles. The van der Waals surface area contributed by atoms with Crippen molar-refractivity contribution in [3.8, 4) is 34.1 Å². The van der Waals surface area contributed by atoms with Crippen LogP contribution < -0.4 is 4.74 Å². The molecule has 31 heavy (non-hydrogen) atoms. The van der Waals surface area contributed by atoms with E-state index in [1.807, 2.05) is 48.8 Å². The van der Waals surface area contributed by atoms with Crippen LogP contribution in [0.4, 0.5) is 0 Å². The van der Waals surface area contributed by atoms with Gasteiger partial charge in [0.2, 0.25) is 0 Å². The quantitative estimate of drug-likeness (QED) is 0.420. The lowest BCUT2D eigenvalue weighted by Gasteiger charge is -2.10. The second kappa shape index (κ2) is 9.03. The summed E-state index contributed by atoms with van der Waals surface area (Å²) in [5.74, 6) is 0.819. The molecule has 0 saturated carbocycles. The number of aromatic nitrogens is 2. The molecule has 4 aromatic rings. The van der Waals surface area contributed by atoms with Gasteiger partial charge in [-0.1, -0.05) is 12.1 Å². The molecular formula is C26H26N4O. The second-order valence-electron chi connectivity index (χ2n) is 7.93. The van der Waals surface area contributed by atoms with Crippen LogP contribution in [0.25, 0.3) is 33.2 Å². The van der Waals surface area contributed by atoms with E-state index in [1.54, 1.807) is 7.11 Å². The molecule has 4 rings (SSSR count). The SMILES string of the molecule is COc1cccc(-c2cncc(-c3cn(CCCN(C)C)c4ccc(C#N)cc34)c2)c1. The molecule has 2 aromatic carbocycles. The number of fused-ring (bicyclic) bond motifs is 1. The Morgan fingerprint density at radius 1 is 1.03 bits per heavy atom. The van der Waals surface area contributed by atoms with Gasteiger partial charge in [0.05, 0.1) is 18.7 Å². The summed E-state index contributed by atoms with van der Waals surface area (Å²) in [6, 6.07) is 18.3. The minimum atomic E-state index is 0.664. The molecule has 0 saturated heterocycles. The van der Waals surface area contributed by atoms with Crippen molar-refractivity contribution in [2.24, 2.45) is 0 Å². The molecule has 5 nitrogen and oxygen atoms in total. The Balaban J connectivity index is 1.79. The zero-order valence-corrected chi connectivity index (χ0v) is 18.2. The Kier molecular flexibility index (Phi) is 6.01. The van der Waals surface area contributed by atoms with Gasteiger partial charge in [0, 0.05) is 52.7 Å². The average Bonchev–Trinajstić information content (AvgIpc) is 3.16. The molecule has 2 heterocycles. The number of hydrogen-bond donors (Lipinski definition) is 0. The first-order chi connectivity index (χ1) is 15.1. The largest absolute Gasteiger partial charge is 0.497 e. The smallest absolute Gasteiger partial charge is 0.119 e. The summed E-state index contributed by atoms with van der Waals surface area (Å²) in [5, 5.41) is 10.5. The van der Waals surface area contributed by atoms with Gasteiger partial charge in [-0.3, -0.25) is 4.98 Å². The van der Waals surface area contributed by atoms with Crippen LogP contribution in [0.1, 0.15) is 12.0 Å². The molecule has 156 valence electrons. The van der Waals surface area contributed by atoms with E-state index < -0.39 is 0 Å². The Morgan fingerprint density at radius 2 is 1.87 bits per heavy atom. The standard InChI is InChI=1S/C26H26N4O/c1-29(2)10-5-11-30-18-25(24-12-19(15-27)8-9-26(24)30)22-13-21(16-28-17-22)20-6-4-7-23(14-20)31-3/h4,6-9,12-14,16-18H,5,10-11H2,1-3H3. The Morgan fingerprint density at radius 3 is 2.65 bits per heavy atom. The van der Waals surface area contributed by atoms with Crippen LogP contribution in [-0.2, 0) is 6.54 Å². The number of hydrogen-bond acceptors (Lipinski definition) is 4. The van der Waals surface area contributed by atoms with E-state index in [2.05, 4.69) is 52.9 Å². The van der Waals surface area contributed by atoms with Gasteiger partial charge >= 0.3 is 0 Å². The van der Waals surface area contributed by atoms with E-state index in [1.165, 1.54) is 0 Å². The lowest BCUT2D eigenvalue weighted by Crippen LogP contribution is -2.14. The van der Waals surface area contributed by atoms with Gasteiger partial charge in [0.1, 0.15) is 5.75 Å². The van der Waals surface area contributed by atoms with Crippen molar-refractivity contribution in [3.05, 3.63) is 72.7 Å². The van der Waals surface area contributed by atoms with Gasteiger partial charge in [-0.05, 0) is 69.0 Å². The van der Waals surface area contributed by atoms with Gasteiger partial charge in [0.15, 0.2) is 0 Å². The molecular weight excluding hydrogens is 384 g/mol. The van der Waals surface area contributed by atoms with E-state index in [4.69, 9.17) is 4.74 Å². The van der Waals surface area contributed by atoms with Crippen LogP contribution in [0.3, 0.4) is 0 Å². The molecule has 0 atom stereocenters. The summed E-state index contributed by atoms with van der Waals surface area (Å²) in [5.41, 5.74) is 6.01. The monoisotopic (exact) mass is 410 g/mol. The fourth-order valence-corrected chi connectivity index (χ4v) is 3.89. The molecule has 0 radical (unpaired) electrons. The number of nitrogens with zero attached hydrogens (tertiary/aromatic N) is 4. The second-order valence-corrected chi connectivity index (χ2v) is 7.93. The van der Waals surface area contributed by atoms with Crippen LogP contribution in [-0.4, -0.2) is 42.2 Å². The summed E-state index contributed by atoms with van der Waals surface area (Å²) in [6.45, 7) is 1.95. The number of methoxy groups -OCH3 is 1. The van der Waals surface area contributed by atoms with E-state index in [-0.39, 0.29) is 0 Å². The summed E-state index contributed by atoms with van der Waals surface area (Å²) in [7, 11) is 5.86. The molecule has 0 N–H and O–H groups in total. The van der Waals surface area contributed by atoms with Crippen molar-refractivity contribution in [1.82, 2.24) is 14.5 Å². The summed E-state index contributed by atoms with van der Waals surface area (Å²) in [6.07, 6.45) is 7.00. The van der Waals surface area contributed by atoms with Crippen LogP contribution in [0.2, 0.25) is 0 Å². The number of pyridine rings is 1. The van der Waals surface area contributed by atoms with E-state index in [0.29, 0.717) is 5.56 Å². The van der Waals surface area contributed by atoms with Gasteiger partial charge in [-0.15, -0.1) is 0 Å². The molecule has 0 unspecified atom stereocenters. The average molecular weight is 411 g/mol. The van der Waals surface area contributed by atoms with Crippen molar-refractivity contribution < 1.29 is 4.74 Å². The Bertz CT molecular complexity index is 1250. The summed E-state index contributed by atoms with van der Waals surface area (Å²) < 4.78 is 7.66. The maximum Gasteiger partial charge on any atom is 0.119 e. The first-order valence-electron chi connectivity index (χ1n) is 10.4. The van der Waals surface area contributed by atoms with E-state index in [0.717, 1.165) is 58.4 Å². The first kappa shape index (κ1) is 20.6. The minimum Gasteiger partial charge on any atom is -0.497 e. The summed E-state index contributed by atoms with van der Waals surface area (Å²) in [4.78, 5) is 6.71. The van der Waals surface area contributed by atoms with Crippen molar-refractivity contribution >= 4 is 10.9 Å². The third kappa shape index (κ3) is 4.45. The molecule has 5 heteroatoms. The maximum atomic E-state index is 9.42. The highest BCUT2D eigenvalue weighted by atomic mass is 16.5. The zero-order valence-electron chi connectivity index (χ0n) is 18.2. The molecule has 0 aliphatic rings. The van der Waals surface area contributed by atoms with Crippen LogP contribution in [0.15, 0.2) is 67.1 Å². The highest BCUT2D eigenvalue weighted by Gasteiger charge is 2.13. The maximum absolute atomic E-state index is 9.42.